The standard InChI is InChI=1S/C68H48N4/c1-9-25-61-53(17-1)54-18-2-10-26-62(54)69(61)49-39-47(40-50(43-49)70-63-27-11-3-19-55(63)56-20-4-12-28-64(56)70)37-45-33-35-46(36-34-45)38-48-41-51(71-65-29-13-5-21-57(65)58-22-6-14-30-66(58)71)44-52(42-48)72-67-31-15-7-23-59(67)60-24-8-16-32-68(60)72/h1-32,37-44H,33-36H2. The summed E-state index contributed by atoms with van der Waals surface area (Å²) in [6.45, 7) is 0. The molecular formula is C68H48N4. The summed E-state index contributed by atoms with van der Waals surface area (Å²) in [4.78, 5) is 0. The van der Waals surface area contributed by atoms with E-state index in [4.69, 9.17) is 0 Å². The van der Waals surface area contributed by atoms with Crippen molar-refractivity contribution in [1.82, 2.24) is 18.3 Å². The number of hydrogen-bond donors (Lipinski definition) is 0. The van der Waals surface area contributed by atoms with Crippen LogP contribution in [0.4, 0.5) is 0 Å². The first kappa shape index (κ1) is 40.7. The Morgan fingerprint density at radius 2 is 0.403 bits per heavy atom. The van der Waals surface area contributed by atoms with Gasteiger partial charge in [-0.1, -0.05) is 169 Å². The Morgan fingerprint density at radius 3 is 0.597 bits per heavy atom. The van der Waals surface area contributed by atoms with E-state index in [0.29, 0.717) is 0 Å². The Hall–Kier alpha value is -9.12. The van der Waals surface area contributed by atoms with Crippen LogP contribution in [0, 0.1) is 0 Å². The minimum absolute atomic E-state index is 1.02. The first-order valence-electron chi connectivity index (χ1n) is 25.3. The van der Waals surface area contributed by atoms with E-state index < -0.39 is 0 Å². The van der Waals surface area contributed by atoms with Gasteiger partial charge < -0.3 is 18.3 Å². The maximum atomic E-state index is 2.49. The lowest BCUT2D eigenvalue weighted by atomic mass is 9.88. The molecule has 1 aliphatic rings. The minimum atomic E-state index is 1.02. The third-order valence-corrected chi connectivity index (χ3v) is 15.5. The van der Waals surface area contributed by atoms with Crippen LogP contribution in [0.5, 0.6) is 0 Å². The fourth-order valence-electron chi connectivity index (χ4n) is 12.4. The van der Waals surface area contributed by atoms with E-state index in [1.807, 2.05) is 0 Å². The number of rotatable bonds is 6. The van der Waals surface area contributed by atoms with Crippen LogP contribution in [0.3, 0.4) is 0 Å². The summed E-state index contributed by atoms with van der Waals surface area (Å²) in [6.07, 6.45) is 9.05. The van der Waals surface area contributed by atoms with Crippen LogP contribution in [0.2, 0.25) is 0 Å². The monoisotopic (exact) mass is 920 g/mol. The average molecular weight is 921 g/mol. The van der Waals surface area contributed by atoms with Crippen molar-refractivity contribution in [3.63, 3.8) is 0 Å². The molecule has 15 rings (SSSR count). The highest BCUT2D eigenvalue weighted by molar-refractivity contribution is 6.12. The van der Waals surface area contributed by atoms with Crippen LogP contribution in [0.15, 0.2) is 242 Å². The number of hydrogen-bond acceptors (Lipinski definition) is 0. The highest BCUT2D eigenvalue weighted by Crippen LogP contribution is 2.40. The van der Waals surface area contributed by atoms with Crippen molar-refractivity contribution in [3.05, 3.63) is 253 Å². The molecule has 4 heterocycles. The van der Waals surface area contributed by atoms with Crippen LogP contribution < -0.4 is 0 Å². The smallest absolute Gasteiger partial charge is 0.0541 e. The zero-order valence-electron chi connectivity index (χ0n) is 39.7. The lowest BCUT2D eigenvalue weighted by Gasteiger charge is -2.20. The van der Waals surface area contributed by atoms with E-state index in [9.17, 15) is 0 Å². The second kappa shape index (κ2) is 16.2. The van der Waals surface area contributed by atoms with Gasteiger partial charge in [0.1, 0.15) is 0 Å². The molecule has 0 saturated heterocycles. The number of allylic oxidation sites excluding steroid dienone is 2. The van der Waals surface area contributed by atoms with E-state index in [2.05, 4.69) is 261 Å². The highest BCUT2D eigenvalue weighted by Gasteiger charge is 2.20. The molecule has 72 heavy (non-hydrogen) atoms. The summed E-state index contributed by atoms with van der Waals surface area (Å²) in [5.41, 5.74) is 19.8. The van der Waals surface area contributed by atoms with Gasteiger partial charge in [0.05, 0.1) is 44.1 Å². The van der Waals surface area contributed by atoms with Gasteiger partial charge in [-0.05, 0) is 122 Å². The van der Waals surface area contributed by atoms with E-state index in [-0.39, 0.29) is 0 Å². The Kier molecular flexibility index (Phi) is 9.18. The van der Waals surface area contributed by atoms with Crippen molar-refractivity contribution >= 4 is 99.4 Å². The van der Waals surface area contributed by atoms with Gasteiger partial charge >= 0.3 is 0 Å². The van der Waals surface area contributed by atoms with Gasteiger partial charge in [0, 0.05) is 65.8 Å². The predicted octanol–water partition coefficient (Wildman–Crippen LogP) is 18.1. The van der Waals surface area contributed by atoms with E-state index in [1.165, 1.54) is 109 Å². The summed E-state index contributed by atoms with van der Waals surface area (Å²) in [6, 6.07) is 85.1. The van der Waals surface area contributed by atoms with E-state index in [0.717, 1.165) is 48.4 Å². The molecule has 0 radical (unpaired) electrons. The molecule has 0 unspecified atom stereocenters. The Bertz CT molecular complexity index is 3800. The molecule has 0 bridgehead atoms. The Morgan fingerprint density at radius 1 is 0.222 bits per heavy atom. The van der Waals surface area contributed by atoms with Crippen LogP contribution in [0.1, 0.15) is 36.8 Å². The molecule has 4 heteroatoms. The van der Waals surface area contributed by atoms with Crippen molar-refractivity contribution in [2.24, 2.45) is 0 Å². The van der Waals surface area contributed by atoms with Gasteiger partial charge in [-0.25, -0.2) is 0 Å². The second-order valence-electron chi connectivity index (χ2n) is 19.6. The highest BCUT2D eigenvalue weighted by atomic mass is 15.0. The van der Waals surface area contributed by atoms with Crippen LogP contribution in [-0.4, -0.2) is 18.3 Å². The molecule has 0 spiro atoms. The molecule has 1 saturated carbocycles. The summed E-state index contributed by atoms with van der Waals surface area (Å²) in [5, 5.41) is 10.1. The molecule has 10 aromatic carbocycles. The van der Waals surface area contributed by atoms with Gasteiger partial charge in [-0.15, -0.1) is 0 Å². The molecule has 0 N–H and O–H groups in total. The molecular weight excluding hydrogens is 873 g/mol. The Balaban J connectivity index is 0.853. The number of aromatic nitrogens is 4. The van der Waals surface area contributed by atoms with Crippen LogP contribution in [-0.2, 0) is 0 Å². The first-order chi connectivity index (χ1) is 35.7. The molecule has 1 aliphatic carbocycles. The third-order valence-electron chi connectivity index (χ3n) is 15.5. The lowest BCUT2D eigenvalue weighted by molar-refractivity contribution is 0.739. The molecule has 4 aromatic heterocycles. The third kappa shape index (κ3) is 6.39. The van der Waals surface area contributed by atoms with Gasteiger partial charge in [0.15, 0.2) is 0 Å². The topological polar surface area (TPSA) is 19.7 Å². The fourth-order valence-corrected chi connectivity index (χ4v) is 12.4. The molecule has 340 valence electrons. The summed E-state index contributed by atoms with van der Waals surface area (Å²) >= 11 is 0. The van der Waals surface area contributed by atoms with Crippen molar-refractivity contribution < 1.29 is 0 Å². The first-order valence-corrected chi connectivity index (χ1v) is 25.3. The Labute approximate surface area is 416 Å². The van der Waals surface area contributed by atoms with Gasteiger partial charge in [0.25, 0.3) is 0 Å². The van der Waals surface area contributed by atoms with E-state index in [1.54, 1.807) is 0 Å². The molecule has 0 amide bonds. The van der Waals surface area contributed by atoms with Crippen molar-refractivity contribution in [2.45, 2.75) is 25.7 Å². The lowest BCUT2D eigenvalue weighted by Crippen LogP contribution is -2.02. The SMILES string of the molecule is C(=C1CCC(=Cc2cc(-n3c4ccccc4c4ccccc43)cc(-n3c4ccccc4c4ccccc43)c2)CC1)c1cc(-n2c3ccccc3c3ccccc32)cc(-n2c3ccccc3c3ccccc32)c1. The molecule has 4 nitrogen and oxygen atoms in total. The molecule has 14 aromatic rings. The molecule has 0 atom stereocenters. The average Bonchev–Trinajstić information content (AvgIpc) is 4.17. The quantitative estimate of drug-likeness (QED) is 0.158. The van der Waals surface area contributed by atoms with Crippen LogP contribution >= 0.6 is 0 Å². The number of fused-ring (bicyclic) bond motifs is 12. The maximum absolute atomic E-state index is 2.49. The van der Waals surface area contributed by atoms with Gasteiger partial charge in [0.2, 0.25) is 0 Å². The fraction of sp³-hybridized carbons (Fsp3) is 0.0588. The normalized spacial score (nSPS) is 13.3. The van der Waals surface area contributed by atoms with Crippen molar-refractivity contribution in [2.75, 3.05) is 0 Å². The molecule has 0 aliphatic heterocycles. The number of para-hydroxylation sites is 8. The minimum Gasteiger partial charge on any atom is -0.309 e. The zero-order chi connectivity index (χ0) is 47.3. The van der Waals surface area contributed by atoms with E-state index >= 15 is 0 Å². The predicted molar refractivity (Wildman–Crippen MR) is 305 cm³/mol. The van der Waals surface area contributed by atoms with Crippen molar-refractivity contribution in [3.8, 4) is 22.7 Å². The summed E-state index contributed by atoms with van der Waals surface area (Å²) in [5.74, 6) is 0. The van der Waals surface area contributed by atoms with Gasteiger partial charge in [-0.2, -0.15) is 0 Å². The summed E-state index contributed by atoms with van der Waals surface area (Å²) in [7, 11) is 0. The molecule has 1 fully saturated rings. The van der Waals surface area contributed by atoms with Gasteiger partial charge in [-0.3, -0.25) is 0 Å². The number of nitrogens with zero attached hydrogens (tertiary/aromatic N) is 4. The van der Waals surface area contributed by atoms with Crippen LogP contribution in [0.25, 0.3) is 122 Å². The summed E-state index contributed by atoms with van der Waals surface area (Å²) < 4.78 is 9.86. The maximum Gasteiger partial charge on any atom is 0.0541 e. The number of benzene rings is 10. The largest absolute Gasteiger partial charge is 0.309 e. The van der Waals surface area contributed by atoms with Crippen molar-refractivity contribution in [1.29, 1.82) is 0 Å². The second-order valence-corrected chi connectivity index (χ2v) is 19.6. The zero-order valence-corrected chi connectivity index (χ0v) is 39.7.